The van der Waals surface area contributed by atoms with E-state index < -0.39 is 6.10 Å². The molecule has 1 amide bonds. The molecule has 2 rings (SSSR count). The van der Waals surface area contributed by atoms with Crippen molar-refractivity contribution in [2.45, 2.75) is 32.9 Å². The number of carbonyl (C=O) groups excluding carboxylic acids is 1. The Morgan fingerprint density at radius 1 is 1.04 bits per heavy atom. The van der Waals surface area contributed by atoms with Crippen LogP contribution in [0.15, 0.2) is 48.5 Å². The number of ether oxygens (including phenoxy) is 2. The second kappa shape index (κ2) is 8.60. The van der Waals surface area contributed by atoms with Crippen LogP contribution in [-0.4, -0.2) is 24.7 Å². The summed E-state index contributed by atoms with van der Waals surface area (Å²) in [7, 11) is 0. The molecular formula is C19H22ClNO3. The van der Waals surface area contributed by atoms with E-state index in [4.69, 9.17) is 21.1 Å². The zero-order valence-corrected chi connectivity index (χ0v) is 14.8. The Hall–Kier alpha value is -2.20. The summed E-state index contributed by atoms with van der Waals surface area (Å²) >= 11 is 5.82. The van der Waals surface area contributed by atoms with E-state index in [-0.39, 0.29) is 11.9 Å². The first kappa shape index (κ1) is 18.1. The minimum atomic E-state index is -0.604. The van der Waals surface area contributed by atoms with Gasteiger partial charge in [0.25, 0.3) is 5.91 Å². The zero-order chi connectivity index (χ0) is 17.5. The minimum Gasteiger partial charge on any atom is -0.491 e. The average Bonchev–Trinajstić information content (AvgIpc) is 2.56. The third-order valence-electron chi connectivity index (χ3n) is 3.41. The number of rotatable bonds is 7. The number of hydrogen-bond donors (Lipinski definition) is 1. The number of carbonyl (C=O) groups is 1. The first-order valence-electron chi connectivity index (χ1n) is 7.86. The van der Waals surface area contributed by atoms with Gasteiger partial charge in [-0.05, 0) is 57.2 Å². The molecule has 5 heteroatoms. The van der Waals surface area contributed by atoms with E-state index in [2.05, 4.69) is 5.32 Å². The van der Waals surface area contributed by atoms with Crippen molar-refractivity contribution in [2.24, 2.45) is 0 Å². The van der Waals surface area contributed by atoms with E-state index in [0.29, 0.717) is 17.4 Å². The van der Waals surface area contributed by atoms with Crippen LogP contribution in [0.5, 0.6) is 11.5 Å². The van der Waals surface area contributed by atoms with E-state index in [0.717, 1.165) is 5.75 Å². The Morgan fingerprint density at radius 3 is 2.25 bits per heavy atom. The number of nitrogens with one attached hydrogen (secondary N) is 1. The van der Waals surface area contributed by atoms with Crippen LogP contribution >= 0.6 is 11.6 Å². The molecule has 0 aliphatic heterocycles. The molecule has 0 aromatic heterocycles. The van der Waals surface area contributed by atoms with Crippen molar-refractivity contribution in [1.29, 1.82) is 0 Å². The summed E-state index contributed by atoms with van der Waals surface area (Å²) in [5.41, 5.74) is 1.18. The molecule has 0 unspecified atom stereocenters. The maximum atomic E-state index is 12.2. The lowest BCUT2D eigenvalue weighted by Crippen LogP contribution is -2.43. The van der Waals surface area contributed by atoms with Crippen molar-refractivity contribution in [3.63, 3.8) is 0 Å². The molecular weight excluding hydrogens is 326 g/mol. The maximum Gasteiger partial charge on any atom is 0.261 e. The van der Waals surface area contributed by atoms with Gasteiger partial charge in [-0.3, -0.25) is 4.79 Å². The van der Waals surface area contributed by atoms with Crippen LogP contribution in [0, 0.1) is 6.92 Å². The molecule has 0 radical (unpaired) electrons. The van der Waals surface area contributed by atoms with Gasteiger partial charge in [0.15, 0.2) is 6.10 Å². The standard InChI is InChI=1S/C19H22ClNO3/c1-13-4-8-17(9-5-13)23-12-14(2)21-19(22)15(3)24-18-10-6-16(20)7-11-18/h4-11,14-15H,12H2,1-3H3,(H,21,22)/t14-,15-/m1/s1. The normalized spacial score (nSPS) is 13.0. The fourth-order valence-electron chi connectivity index (χ4n) is 2.03. The average molecular weight is 348 g/mol. The molecule has 0 saturated carbocycles. The van der Waals surface area contributed by atoms with Gasteiger partial charge in [0.2, 0.25) is 0 Å². The topological polar surface area (TPSA) is 47.6 Å². The van der Waals surface area contributed by atoms with Gasteiger partial charge in [-0.25, -0.2) is 0 Å². The number of halogens is 1. The second-order valence-corrected chi connectivity index (χ2v) is 6.18. The number of amides is 1. The highest BCUT2D eigenvalue weighted by molar-refractivity contribution is 6.30. The number of aryl methyl sites for hydroxylation is 1. The smallest absolute Gasteiger partial charge is 0.261 e. The van der Waals surface area contributed by atoms with Gasteiger partial charge in [0, 0.05) is 5.02 Å². The van der Waals surface area contributed by atoms with Crippen molar-refractivity contribution in [3.8, 4) is 11.5 Å². The van der Waals surface area contributed by atoms with Crippen LogP contribution in [0.3, 0.4) is 0 Å². The molecule has 128 valence electrons. The molecule has 4 nitrogen and oxygen atoms in total. The predicted molar refractivity (Wildman–Crippen MR) is 95.8 cm³/mol. The van der Waals surface area contributed by atoms with Crippen LogP contribution in [-0.2, 0) is 4.79 Å². The highest BCUT2D eigenvalue weighted by Crippen LogP contribution is 2.17. The fraction of sp³-hybridized carbons (Fsp3) is 0.316. The van der Waals surface area contributed by atoms with Crippen LogP contribution in [0.4, 0.5) is 0 Å². The lowest BCUT2D eigenvalue weighted by Gasteiger charge is -2.19. The van der Waals surface area contributed by atoms with Crippen LogP contribution < -0.4 is 14.8 Å². The van der Waals surface area contributed by atoms with E-state index in [1.165, 1.54) is 5.56 Å². The molecule has 2 aromatic carbocycles. The first-order valence-corrected chi connectivity index (χ1v) is 8.24. The molecule has 0 heterocycles. The van der Waals surface area contributed by atoms with Crippen LogP contribution in [0.1, 0.15) is 19.4 Å². The SMILES string of the molecule is Cc1ccc(OC[C@@H](C)NC(=O)[C@@H](C)Oc2ccc(Cl)cc2)cc1. The third kappa shape index (κ3) is 5.78. The van der Waals surface area contributed by atoms with Crippen molar-refractivity contribution < 1.29 is 14.3 Å². The van der Waals surface area contributed by atoms with Gasteiger partial charge in [-0.15, -0.1) is 0 Å². The molecule has 0 aliphatic rings. The largest absolute Gasteiger partial charge is 0.491 e. The Morgan fingerprint density at radius 2 is 1.62 bits per heavy atom. The second-order valence-electron chi connectivity index (χ2n) is 5.75. The molecule has 0 saturated heterocycles. The molecule has 0 spiro atoms. The number of hydrogen-bond acceptors (Lipinski definition) is 3. The van der Waals surface area contributed by atoms with Crippen LogP contribution in [0.25, 0.3) is 0 Å². The van der Waals surface area contributed by atoms with Gasteiger partial charge in [-0.1, -0.05) is 29.3 Å². The third-order valence-corrected chi connectivity index (χ3v) is 3.66. The van der Waals surface area contributed by atoms with Crippen LogP contribution in [0.2, 0.25) is 5.02 Å². The highest BCUT2D eigenvalue weighted by Gasteiger charge is 2.17. The lowest BCUT2D eigenvalue weighted by molar-refractivity contribution is -0.128. The van der Waals surface area contributed by atoms with E-state index in [1.54, 1.807) is 31.2 Å². The summed E-state index contributed by atoms with van der Waals surface area (Å²) in [5.74, 6) is 1.20. The quantitative estimate of drug-likeness (QED) is 0.823. The van der Waals surface area contributed by atoms with E-state index >= 15 is 0 Å². The highest BCUT2D eigenvalue weighted by atomic mass is 35.5. The summed E-state index contributed by atoms with van der Waals surface area (Å²) in [6, 6.07) is 14.6. The van der Waals surface area contributed by atoms with Crippen molar-refractivity contribution in [1.82, 2.24) is 5.32 Å². The molecule has 2 aromatic rings. The summed E-state index contributed by atoms with van der Waals surface area (Å²) in [4.78, 5) is 12.2. The maximum absolute atomic E-state index is 12.2. The molecule has 0 aliphatic carbocycles. The molecule has 0 bridgehead atoms. The summed E-state index contributed by atoms with van der Waals surface area (Å²) in [5, 5.41) is 3.50. The summed E-state index contributed by atoms with van der Waals surface area (Å²) < 4.78 is 11.3. The Labute approximate surface area is 147 Å². The van der Waals surface area contributed by atoms with Crippen molar-refractivity contribution in [3.05, 3.63) is 59.1 Å². The molecule has 24 heavy (non-hydrogen) atoms. The Balaban J connectivity index is 1.77. The van der Waals surface area contributed by atoms with Gasteiger partial charge in [0.1, 0.15) is 18.1 Å². The lowest BCUT2D eigenvalue weighted by atomic mass is 10.2. The van der Waals surface area contributed by atoms with Gasteiger partial charge in [-0.2, -0.15) is 0 Å². The van der Waals surface area contributed by atoms with E-state index in [9.17, 15) is 4.79 Å². The molecule has 1 N–H and O–H groups in total. The van der Waals surface area contributed by atoms with Gasteiger partial charge < -0.3 is 14.8 Å². The predicted octanol–water partition coefficient (Wildman–Crippen LogP) is 4.00. The monoisotopic (exact) mass is 347 g/mol. The van der Waals surface area contributed by atoms with Gasteiger partial charge >= 0.3 is 0 Å². The fourth-order valence-corrected chi connectivity index (χ4v) is 2.15. The Bertz CT molecular complexity index is 655. The zero-order valence-electron chi connectivity index (χ0n) is 14.1. The van der Waals surface area contributed by atoms with Crippen molar-refractivity contribution >= 4 is 17.5 Å². The summed E-state index contributed by atoms with van der Waals surface area (Å²) in [6.45, 7) is 6.01. The first-order chi connectivity index (χ1) is 11.4. The van der Waals surface area contributed by atoms with E-state index in [1.807, 2.05) is 38.1 Å². The summed E-state index contributed by atoms with van der Waals surface area (Å²) in [6.07, 6.45) is -0.604. The number of benzene rings is 2. The Kier molecular flexibility index (Phi) is 6.50. The molecule has 0 fully saturated rings. The molecule has 2 atom stereocenters. The van der Waals surface area contributed by atoms with Gasteiger partial charge in [0.05, 0.1) is 6.04 Å². The van der Waals surface area contributed by atoms with Crippen molar-refractivity contribution in [2.75, 3.05) is 6.61 Å². The minimum absolute atomic E-state index is 0.130.